The summed E-state index contributed by atoms with van der Waals surface area (Å²) in [5.74, 6) is 0. The molecule has 0 aromatic carbocycles. The van der Waals surface area contributed by atoms with Crippen LogP contribution in [0.3, 0.4) is 0 Å². The van der Waals surface area contributed by atoms with Crippen LogP contribution >= 0.6 is 0 Å². The fraction of sp³-hybridized carbons (Fsp3) is 0.789. The van der Waals surface area contributed by atoms with E-state index in [1.54, 1.807) is 0 Å². The minimum Gasteiger partial charge on any atom is -0.210 e. The summed E-state index contributed by atoms with van der Waals surface area (Å²) in [6.45, 7) is 2.15. The van der Waals surface area contributed by atoms with Gasteiger partial charge in [-0.1, -0.05) is 0 Å². The number of unbranched alkanes of at least 4 members (excludes halogenated alkanes) is 4. The van der Waals surface area contributed by atoms with Crippen molar-refractivity contribution in [3.05, 3.63) is 0 Å². The third-order valence-corrected chi connectivity index (χ3v) is 10.5. The van der Waals surface area contributed by atoms with Gasteiger partial charge in [-0.15, -0.1) is 0 Å². The first-order valence-electron chi connectivity index (χ1n) is 10.0. The van der Waals surface area contributed by atoms with Crippen molar-refractivity contribution in [2.45, 2.75) is 69.3 Å². The zero-order chi connectivity index (χ0) is 24.0. The highest BCUT2D eigenvalue weighted by atomic mass is 32.3. The van der Waals surface area contributed by atoms with E-state index in [1.807, 2.05) is 24.3 Å². The molecule has 0 atom stereocenters. The number of nitrogens with zero attached hydrogens (tertiary/aromatic N) is 6. The summed E-state index contributed by atoms with van der Waals surface area (Å²) in [5, 5.41) is 35.0. The second-order valence-electron chi connectivity index (χ2n) is 7.25. The molecule has 0 bridgehead atoms. The Hall–Kier alpha value is -2.22. The van der Waals surface area contributed by atoms with E-state index in [1.165, 1.54) is 0 Å². The van der Waals surface area contributed by atoms with Crippen LogP contribution in [0.1, 0.15) is 65.2 Å². The Morgan fingerprint density at radius 1 is 0.581 bits per heavy atom. The Bertz CT molecular complexity index is 818. The van der Waals surface area contributed by atoms with Crippen LogP contribution in [0.15, 0.2) is 0 Å². The Kier molecular flexibility index (Phi) is 13.0. The van der Waals surface area contributed by atoms with E-state index in [2.05, 4.69) is 0 Å². The van der Waals surface area contributed by atoms with E-state index in [4.69, 9.17) is 21.0 Å². The molecule has 0 radical (unpaired) electrons. The smallest absolute Gasteiger partial charge is 0.210 e. The van der Waals surface area contributed by atoms with Gasteiger partial charge in [-0.25, -0.2) is 25.4 Å². The van der Waals surface area contributed by atoms with E-state index < -0.39 is 24.1 Å². The first-order chi connectivity index (χ1) is 14.5. The average molecular weight is 471 g/mol. The first-order valence-corrected chi connectivity index (χ1v) is 12.9. The number of sulfonamides is 2. The maximum Gasteiger partial charge on any atom is 0.235 e. The van der Waals surface area contributed by atoms with Crippen molar-refractivity contribution < 1.29 is 16.8 Å². The van der Waals surface area contributed by atoms with Crippen LogP contribution in [0.5, 0.6) is 0 Å². The molecule has 10 nitrogen and oxygen atoms in total. The topological polar surface area (TPSA) is 170 Å². The van der Waals surface area contributed by atoms with E-state index >= 15 is 0 Å². The first kappa shape index (κ1) is 28.8. The van der Waals surface area contributed by atoms with Crippen LogP contribution in [0.2, 0.25) is 0 Å². The van der Waals surface area contributed by atoms with Gasteiger partial charge >= 0.3 is 0 Å². The lowest BCUT2D eigenvalue weighted by Crippen LogP contribution is -2.55. The molecule has 0 spiro atoms. The molecule has 31 heavy (non-hydrogen) atoms. The van der Waals surface area contributed by atoms with Gasteiger partial charge in [0.05, 0.1) is 24.3 Å². The number of nitriles is 4. The largest absolute Gasteiger partial charge is 0.235 e. The lowest BCUT2D eigenvalue weighted by Gasteiger charge is -2.36. The van der Waals surface area contributed by atoms with Crippen molar-refractivity contribution in [2.24, 2.45) is 0 Å². The lowest BCUT2D eigenvalue weighted by molar-refractivity contribution is 0.375. The van der Waals surface area contributed by atoms with Gasteiger partial charge in [0.15, 0.2) is 4.08 Å². The van der Waals surface area contributed by atoms with Crippen molar-refractivity contribution in [3.8, 4) is 24.3 Å². The summed E-state index contributed by atoms with van der Waals surface area (Å²) >= 11 is 0. The Morgan fingerprint density at radius 2 is 0.806 bits per heavy atom. The van der Waals surface area contributed by atoms with Crippen LogP contribution in [0.4, 0.5) is 0 Å². The second-order valence-corrected chi connectivity index (χ2v) is 12.5. The van der Waals surface area contributed by atoms with Crippen molar-refractivity contribution in [2.75, 3.05) is 26.2 Å². The summed E-state index contributed by atoms with van der Waals surface area (Å²) in [7, 11) is -8.74. The predicted molar refractivity (Wildman–Crippen MR) is 114 cm³/mol. The number of rotatable bonds is 16. The van der Waals surface area contributed by atoms with Gasteiger partial charge in [0.1, 0.15) is 0 Å². The lowest BCUT2D eigenvalue weighted by atomic mass is 10.3. The molecule has 0 heterocycles. The summed E-state index contributed by atoms with van der Waals surface area (Å²) in [5.41, 5.74) is 0. The van der Waals surface area contributed by atoms with Gasteiger partial charge in [0.25, 0.3) is 0 Å². The highest BCUT2D eigenvalue weighted by molar-refractivity contribution is 8.08. The van der Waals surface area contributed by atoms with E-state index in [-0.39, 0.29) is 77.5 Å². The predicted octanol–water partition coefficient (Wildman–Crippen LogP) is 2.20. The molecule has 0 aromatic rings. The molecule has 0 aromatic heterocycles. The molecule has 0 aliphatic heterocycles. The van der Waals surface area contributed by atoms with Crippen LogP contribution in [0.25, 0.3) is 0 Å². The van der Waals surface area contributed by atoms with Gasteiger partial charge in [0, 0.05) is 51.9 Å². The molecule has 0 saturated heterocycles. The molecule has 0 saturated carbocycles. The van der Waals surface area contributed by atoms with Gasteiger partial charge in [-0.2, -0.15) is 21.0 Å². The Morgan fingerprint density at radius 3 is 1.00 bits per heavy atom. The van der Waals surface area contributed by atoms with Gasteiger partial charge < -0.3 is 0 Å². The number of hydrogen-bond donors (Lipinski definition) is 0. The van der Waals surface area contributed by atoms with Crippen LogP contribution < -0.4 is 0 Å². The van der Waals surface area contributed by atoms with Crippen LogP contribution in [-0.2, 0) is 20.0 Å². The van der Waals surface area contributed by atoms with Crippen molar-refractivity contribution in [1.82, 2.24) is 8.61 Å². The third-order valence-electron chi connectivity index (χ3n) is 4.71. The summed E-state index contributed by atoms with van der Waals surface area (Å²) < 4.78 is 53.5. The van der Waals surface area contributed by atoms with Crippen LogP contribution in [-0.4, -0.2) is 55.7 Å². The zero-order valence-electron chi connectivity index (χ0n) is 18.1. The monoisotopic (exact) mass is 470 g/mol. The molecule has 0 unspecified atom stereocenters. The molecular weight excluding hydrogens is 440 g/mol. The normalized spacial score (nSPS) is 12.1. The minimum atomic E-state index is -4.37. The summed E-state index contributed by atoms with van der Waals surface area (Å²) in [4.78, 5) is 0. The molecule has 0 aliphatic carbocycles. The van der Waals surface area contributed by atoms with Crippen molar-refractivity contribution >= 4 is 20.0 Å². The van der Waals surface area contributed by atoms with E-state index in [9.17, 15) is 16.8 Å². The standard InChI is InChI=1S/C19H30N6O4S2/c1-19(2,30(26,27)24(15-7-3-11-20)16-8-4-12-21)31(28,29)25(17-9-5-13-22)18-10-6-14-23/h3-10,15-18H2,1-2H3. The highest BCUT2D eigenvalue weighted by Gasteiger charge is 2.52. The van der Waals surface area contributed by atoms with Crippen LogP contribution in [0, 0.1) is 45.3 Å². The quantitative estimate of drug-likeness (QED) is 0.309. The summed E-state index contributed by atoms with van der Waals surface area (Å²) in [6.07, 6.45) is 1.44. The fourth-order valence-corrected chi connectivity index (χ4v) is 7.22. The highest BCUT2D eigenvalue weighted by Crippen LogP contribution is 2.31. The van der Waals surface area contributed by atoms with Gasteiger partial charge in [0.2, 0.25) is 20.0 Å². The molecule has 0 aliphatic rings. The Labute approximate surface area is 186 Å². The SMILES string of the molecule is CC(C)(S(=O)(=O)N(CCCC#N)CCCC#N)S(=O)(=O)N(CCCC#N)CCCC#N. The van der Waals surface area contributed by atoms with E-state index in [0.717, 1.165) is 22.5 Å². The minimum absolute atomic E-state index is 0.0247. The fourth-order valence-electron chi connectivity index (χ4n) is 2.80. The molecule has 172 valence electrons. The van der Waals surface area contributed by atoms with Gasteiger partial charge in [-0.3, -0.25) is 0 Å². The third kappa shape index (κ3) is 8.09. The number of hydrogen-bond acceptors (Lipinski definition) is 8. The summed E-state index contributed by atoms with van der Waals surface area (Å²) in [6, 6.07) is 7.73. The van der Waals surface area contributed by atoms with Gasteiger partial charge in [-0.05, 0) is 39.5 Å². The molecule has 12 heteroatoms. The van der Waals surface area contributed by atoms with Crippen molar-refractivity contribution in [1.29, 1.82) is 21.0 Å². The Balaban J connectivity index is 5.97. The van der Waals surface area contributed by atoms with Crippen molar-refractivity contribution in [3.63, 3.8) is 0 Å². The maximum absolute atomic E-state index is 13.4. The molecule has 0 N–H and O–H groups in total. The zero-order valence-corrected chi connectivity index (χ0v) is 19.8. The molecular formula is C19H30N6O4S2. The second kappa shape index (κ2) is 14.0. The molecule has 0 amide bonds. The molecule has 0 fully saturated rings. The molecule has 0 rings (SSSR count). The maximum atomic E-state index is 13.4. The average Bonchev–Trinajstić information content (AvgIpc) is 2.71. The van der Waals surface area contributed by atoms with E-state index in [0.29, 0.717) is 0 Å².